The molecule has 2 saturated heterocycles. The summed E-state index contributed by atoms with van der Waals surface area (Å²) in [7, 11) is 0. The lowest BCUT2D eigenvalue weighted by Gasteiger charge is -2.50. The number of rotatable bonds is 12. The fourth-order valence-electron chi connectivity index (χ4n) is 8.18. The Morgan fingerprint density at radius 2 is 1.52 bits per heavy atom. The maximum atomic E-state index is 13.8. The normalized spacial score (nSPS) is 24.6. The number of aliphatic hydroxyl groups is 1. The lowest BCUT2D eigenvalue weighted by molar-refractivity contribution is -0.255. The molecule has 3 aromatic carbocycles. The average Bonchev–Trinajstić information content (AvgIpc) is 3.15. The van der Waals surface area contributed by atoms with Crippen LogP contribution in [0.2, 0.25) is 0 Å². The number of hydrogen-bond acceptors (Lipinski definition) is 8. The van der Waals surface area contributed by atoms with E-state index in [0.29, 0.717) is 48.4 Å². The van der Waals surface area contributed by atoms with Gasteiger partial charge in [-0.15, -0.1) is 0 Å². The van der Waals surface area contributed by atoms with E-state index < -0.39 is 6.29 Å². The Labute approximate surface area is 319 Å². The Hall–Kier alpha value is -4.29. The lowest BCUT2D eigenvalue weighted by atomic mass is 9.75. The van der Waals surface area contributed by atoms with Gasteiger partial charge in [-0.1, -0.05) is 61.4 Å². The molecule has 0 unspecified atom stereocenters. The number of likely N-dealkylation sites (tertiary alicyclic amines) is 1. The molecule has 11 heteroatoms. The van der Waals surface area contributed by atoms with Crippen molar-refractivity contribution in [2.45, 2.75) is 128 Å². The lowest BCUT2D eigenvalue weighted by Crippen LogP contribution is -2.61. The minimum atomic E-state index is -0.665. The molecule has 0 radical (unpaired) electrons. The second-order valence-corrected chi connectivity index (χ2v) is 16.2. The van der Waals surface area contributed by atoms with Gasteiger partial charge in [0.25, 0.3) is 0 Å². The average molecular weight is 740 g/mol. The number of piperidine rings is 1. The number of nitrogens with one attached hydrogen (secondary N) is 3. The Morgan fingerprint density at radius 1 is 0.833 bits per heavy atom. The Bertz CT molecular complexity index is 1730. The van der Waals surface area contributed by atoms with Crippen molar-refractivity contribution in [3.63, 3.8) is 0 Å². The number of amides is 3. The van der Waals surface area contributed by atoms with Crippen molar-refractivity contribution in [1.29, 1.82) is 0 Å². The highest BCUT2D eigenvalue weighted by atomic mass is 16.7. The molecule has 0 aromatic heterocycles. The number of ether oxygens (including phenoxy) is 2. The molecule has 0 spiro atoms. The predicted molar refractivity (Wildman–Crippen MR) is 210 cm³/mol. The van der Waals surface area contributed by atoms with Gasteiger partial charge in [0.2, 0.25) is 17.7 Å². The Balaban J connectivity index is 1.13. The second kappa shape index (κ2) is 17.9. The highest BCUT2D eigenvalue weighted by Gasteiger charge is 2.44. The molecular formula is C43H57N5O6. The van der Waals surface area contributed by atoms with Gasteiger partial charge < -0.3 is 36.3 Å². The van der Waals surface area contributed by atoms with Crippen molar-refractivity contribution in [2.24, 2.45) is 5.92 Å². The number of carbonyl (C=O) groups excluding carboxylic acids is 3. The van der Waals surface area contributed by atoms with Gasteiger partial charge in [-0.05, 0) is 94.2 Å². The van der Waals surface area contributed by atoms with Crippen LogP contribution >= 0.6 is 0 Å². The number of aliphatic hydroxyl groups excluding tert-OH is 1. The van der Waals surface area contributed by atoms with Crippen LogP contribution in [0.25, 0.3) is 0 Å². The molecular weight excluding hydrogens is 683 g/mol. The summed E-state index contributed by atoms with van der Waals surface area (Å²) < 4.78 is 13.4. The fraction of sp³-hybridized carbons (Fsp3) is 0.512. The van der Waals surface area contributed by atoms with Crippen molar-refractivity contribution in [3.05, 3.63) is 89.5 Å². The first-order valence-electron chi connectivity index (χ1n) is 19.6. The highest BCUT2D eigenvalue weighted by molar-refractivity contribution is 5.94. The number of nitrogens with two attached hydrogens (primary N) is 1. The van der Waals surface area contributed by atoms with Crippen LogP contribution in [0.1, 0.15) is 114 Å². The van der Waals surface area contributed by atoms with Crippen LogP contribution in [0, 0.1) is 5.92 Å². The molecule has 3 fully saturated rings. The van der Waals surface area contributed by atoms with Crippen LogP contribution in [0.3, 0.4) is 0 Å². The molecule has 0 bridgehead atoms. The van der Waals surface area contributed by atoms with E-state index in [1.807, 2.05) is 69.3 Å². The van der Waals surface area contributed by atoms with Gasteiger partial charge in [-0.25, -0.2) is 0 Å². The predicted octanol–water partition coefficient (Wildman–Crippen LogP) is 6.99. The van der Waals surface area contributed by atoms with E-state index in [9.17, 15) is 19.5 Å². The maximum Gasteiger partial charge on any atom is 0.237 e. The zero-order chi connectivity index (χ0) is 38.2. The molecule has 6 rings (SSSR count). The molecule has 54 heavy (non-hydrogen) atoms. The zero-order valence-corrected chi connectivity index (χ0v) is 31.9. The maximum absolute atomic E-state index is 13.8. The summed E-state index contributed by atoms with van der Waals surface area (Å²) in [6.07, 6.45) is 6.90. The summed E-state index contributed by atoms with van der Waals surface area (Å²) in [6.45, 7) is 6.68. The SMILES string of the molecule is CC(C)(C)NC(=O)[C@H]1CC[C@H]2CCCC[C@H]2N1C[C@@H]1C[C@H](c2ccc(CO)cc2)O[C@H](c2ccc(NC(=O)CCCC(=O)Nc3ccccc3N)cc2)O1. The minimum Gasteiger partial charge on any atom is -0.397 e. The molecule has 1 saturated carbocycles. The minimum absolute atomic E-state index is 0.0300. The molecule has 2 heterocycles. The first-order valence-corrected chi connectivity index (χ1v) is 19.6. The molecule has 3 aromatic rings. The summed E-state index contributed by atoms with van der Waals surface area (Å²) >= 11 is 0. The first kappa shape index (κ1) is 39.4. The zero-order valence-electron chi connectivity index (χ0n) is 31.9. The topological polar surface area (TPSA) is 155 Å². The van der Waals surface area contributed by atoms with Crippen molar-refractivity contribution < 1.29 is 29.0 Å². The number of benzene rings is 3. The molecule has 290 valence electrons. The number of nitrogens with zero attached hydrogens (tertiary/aromatic N) is 1. The van der Waals surface area contributed by atoms with Gasteiger partial charge in [0.15, 0.2) is 6.29 Å². The highest BCUT2D eigenvalue weighted by Crippen LogP contribution is 2.42. The number of hydrogen-bond donors (Lipinski definition) is 5. The van der Waals surface area contributed by atoms with Crippen LogP contribution in [-0.4, -0.2) is 58.0 Å². The van der Waals surface area contributed by atoms with Crippen LogP contribution < -0.4 is 21.7 Å². The van der Waals surface area contributed by atoms with E-state index in [1.165, 1.54) is 19.3 Å². The van der Waals surface area contributed by atoms with E-state index in [4.69, 9.17) is 15.2 Å². The third kappa shape index (κ3) is 10.5. The largest absolute Gasteiger partial charge is 0.397 e. The van der Waals surface area contributed by atoms with Gasteiger partial charge in [0, 0.05) is 48.6 Å². The molecule has 3 amide bonds. The van der Waals surface area contributed by atoms with Gasteiger partial charge in [0.1, 0.15) is 0 Å². The van der Waals surface area contributed by atoms with E-state index in [0.717, 1.165) is 36.0 Å². The number of carbonyl (C=O) groups is 3. The molecule has 3 aliphatic rings. The van der Waals surface area contributed by atoms with Gasteiger partial charge in [-0.2, -0.15) is 0 Å². The summed E-state index contributed by atoms with van der Waals surface area (Å²) in [4.78, 5) is 41.3. The molecule has 1 aliphatic carbocycles. The second-order valence-electron chi connectivity index (χ2n) is 16.2. The number of nitrogen functional groups attached to an aromatic ring is 1. The fourth-order valence-corrected chi connectivity index (χ4v) is 8.18. The summed E-state index contributed by atoms with van der Waals surface area (Å²) in [5, 5.41) is 18.6. The third-order valence-electron chi connectivity index (χ3n) is 10.8. The van der Waals surface area contributed by atoms with Gasteiger partial charge >= 0.3 is 0 Å². The van der Waals surface area contributed by atoms with Gasteiger partial charge in [-0.3, -0.25) is 19.3 Å². The van der Waals surface area contributed by atoms with Crippen LogP contribution in [0.5, 0.6) is 0 Å². The monoisotopic (exact) mass is 739 g/mol. The molecule has 11 nitrogen and oxygen atoms in total. The Kier molecular flexibility index (Phi) is 13.1. The summed E-state index contributed by atoms with van der Waals surface area (Å²) in [6, 6.07) is 22.5. The third-order valence-corrected chi connectivity index (χ3v) is 10.8. The summed E-state index contributed by atoms with van der Waals surface area (Å²) in [5.74, 6) is 0.299. The van der Waals surface area contributed by atoms with E-state index in [-0.39, 0.29) is 61.0 Å². The van der Waals surface area contributed by atoms with Crippen molar-refractivity contribution in [3.8, 4) is 0 Å². The van der Waals surface area contributed by atoms with Crippen molar-refractivity contribution in [2.75, 3.05) is 22.9 Å². The van der Waals surface area contributed by atoms with E-state index in [2.05, 4.69) is 20.9 Å². The standard InChI is InChI=1S/C43H57N5O6/c1-43(2,3)47-41(52)37-24-21-29-9-4-7-12-36(29)48(37)26-33-25-38(30-17-15-28(27-49)16-18-30)54-42(53-33)31-19-22-32(23-20-31)45-39(50)13-8-14-40(51)46-35-11-6-5-10-34(35)44/h5-6,10-11,15-20,22-23,29,33,36-38,42,49H,4,7-9,12-14,21,24-27,44H2,1-3H3,(H,45,50)(H,46,51)(H,47,52)/t29-,33+,36-,37-,38-,42-/m1/s1. The van der Waals surface area contributed by atoms with Crippen molar-refractivity contribution >= 4 is 34.8 Å². The summed E-state index contributed by atoms with van der Waals surface area (Å²) in [5.41, 5.74) is 9.95. The van der Waals surface area contributed by atoms with E-state index >= 15 is 0 Å². The van der Waals surface area contributed by atoms with Crippen LogP contribution in [-0.2, 0) is 30.5 Å². The van der Waals surface area contributed by atoms with Crippen molar-refractivity contribution in [1.82, 2.24) is 10.2 Å². The first-order chi connectivity index (χ1) is 26.0. The number of anilines is 3. The number of para-hydroxylation sites is 2. The molecule has 6 atom stereocenters. The van der Waals surface area contributed by atoms with Crippen LogP contribution in [0.15, 0.2) is 72.8 Å². The van der Waals surface area contributed by atoms with Crippen LogP contribution in [0.4, 0.5) is 17.1 Å². The van der Waals surface area contributed by atoms with Gasteiger partial charge in [0.05, 0.1) is 36.2 Å². The van der Waals surface area contributed by atoms with E-state index in [1.54, 1.807) is 24.3 Å². The Morgan fingerprint density at radius 3 is 2.22 bits per heavy atom. The smallest absolute Gasteiger partial charge is 0.237 e. The quantitative estimate of drug-likeness (QED) is 0.125. The molecule has 6 N–H and O–H groups in total. The number of fused-ring (bicyclic) bond motifs is 1. The molecule has 2 aliphatic heterocycles.